The summed E-state index contributed by atoms with van der Waals surface area (Å²) in [4.78, 5) is 0. The van der Waals surface area contributed by atoms with Gasteiger partial charge in [0.15, 0.2) is 0 Å². The van der Waals surface area contributed by atoms with Crippen LogP contribution in [0.4, 0.5) is 17.6 Å². The molecule has 0 heterocycles. The average Bonchev–Trinajstić information content (AvgIpc) is 2.01. The third-order valence-electron chi connectivity index (χ3n) is 1.73. The molecular formula is C7H13F4O3P. The van der Waals surface area contributed by atoms with E-state index in [-0.39, 0.29) is 6.92 Å². The lowest BCUT2D eigenvalue weighted by Gasteiger charge is -2.32. The van der Waals surface area contributed by atoms with Gasteiger partial charge in [-0.25, -0.2) is 0 Å². The molecule has 0 aromatic carbocycles. The predicted octanol–water partition coefficient (Wildman–Crippen LogP) is 2.89. The molecule has 0 saturated carbocycles. The molecule has 0 fully saturated rings. The van der Waals surface area contributed by atoms with Crippen LogP contribution in [-0.2, 0) is 9.09 Å². The monoisotopic (exact) mass is 252 g/mol. The summed E-state index contributed by atoms with van der Waals surface area (Å²) in [5.41, 5.74) is -4.88. The Kier molecular flexibility index (Phi) is 4.35. The summed E-state index contributed by atoms with van der Waals surface area (Å²) >= 11 is 0. The zero-order chi connectivity index (χ0) is 12.5. The van der Waals surface area contributed by atoms with E-state index in [1.54, 1.807) is 0 Å². The summed E-state index contributed by atoms with van der Waals surface area (Å²) in [5.74, 6) is -6.67. The van der Waals surface area contributed by atoms with Gasteiger partial charge in [0.25, 0.3) is 0 Å². The molecule has 92 valence electrons. The average molecular weight is 252 g/mol. The van der Waals surface area contributed by atoms with Crippen LogP contribution in [0.2, 0.25) is 0 Å². The summed E-state index contributed by atoms with van der Waals surface area (Å²) in [6.07, 6.45) is 0. The van der Waals surface area contributed by atoms with Gasteiger partial charge in [0.1, 0.15) is 5.85 Å². The van der Waals surface area contributed by atoms with E-state index in [2.05, 4.69) is 4.52 Å². The molecule has 8 heteroatoms. The molecule has 0 amide bonds. The standard InChI is InChI=1S/C7H13F4O3P/c1-4-14-15(13,5(2)12)7(10,11)6(3,8)9/h5,12H,4H2,1-3H3. The Balaban J connectivity index is 5.36. The number of hydrogen-bond acceptors (Lipinski definition) is 3. The molecule has 15 heavy (non-hydrogen) atoms. The molecule has 0 saturated heterocycles. The smallest absolute Gasteiger partial charge is 0.383 e. The summed E-state index contributed by atoms with van der Waals surface area (Å²) in [5, 5.41) is 8.90. The molecule has 0 aromatic rings. The van der Waals surface area contributed by atoms with Crippen molar-refractivity contribution in [3.8, 4) is 0 Å². The number of aliphatic hydroxyl groups is 1. The second-order valence-electron chi connectivity index (χ2n) is 3.08. The van der Waals surface area contributed by atoms with Crippen LogP contribution in [-0.4, -0.2) is 29.1 Å². The van der Waals surface area contributed by atoms with Crippen molar-refractivity contribution in [3.05, 3.63) is 0 Å². The van der Waals surface area contributed by atoms with Crippen LogP contribution in [0, 0.1) is 0 Å². The van der Waals surface area contributed by atoms with Gasteiger partial charge in [-0.2, -0.15) is 17.6 Å². The van der Waals surface area contributed by atoms with Crippen LogP contribution >= 0.6 is 7.37 Å². The summed E-state index contributed by atoms with van der Waals surface area (Å²) in [7, 11) is -5.14. The summed E-state index contributed by atoms with van der Waals surface area (Å²) in [6.45, 7) is 1.43. The largest absolute Gasteiger partial charge is 0.385 e. The Labute approximate surface area is 84.9 Å². The molecule has 0 aliphatic heterocycles. The van der Waals surface area contributed by atoms with Crippen molar-refractivity contribution < 1.29 is 31.8 Å². The van der Waals surface area contributed by atoms with Crippen LogP contribution in [0.3, 0.4) is 0 Å². The highest BCUT2D eigenvalue weighted by Gasteiger charge is 2.67. The lowest BCUT2D eigenvalue weighted by atomic mass is 10.4. The van der Waals surface area contributed by atoms with E-state index in [1.807, 2.05) is 0 Å². The molecule has 0 rings (SSSR count). The molecule has 3 nitrogen and oxygen atoms in total. The number of alkyl halides is 4. The van der Waals surface area contributed by atoms with Crippen LogP contribution in [0.15, 0.2) is 0 Å². The number of hydrogen-bond donors (Lipinski definition) is 1. The predicted molar refractivity (Wildman–Crippen MR) is 46.5 cm³/mol. The molecule has 0 radical (unpaired) electrons. The van der Waals surface area contributed by atoms with E-state index in [4.69, 9.17) is 5.11 Å². The highest BCUT2D eigenvalue weighted by Crippen LogP contribution is 2.68. The second-order valence-corrected chi connectivity index (χ2v) is 5.84. The van der Waals surface area contributed by atoms with E-state index in [0.717, 1.165) is 6.92 Å². The number of aliphatic hydroxyl groups excluding tert-OH is 1. The number of halogens is 4. The van der Waals surface area contributed by atoms with Gasteiger partial charge in [-0.3, -0.25) is 4.57 Å². The third kappa shape index (κ3) is 2.52. The summed E-state index contributed by atoms with van der Waals surface area (Å²) in [6, 6.07) is 0. The highest BCUT2D eigenvalue weighted by molar-refractivity contribution is 7.60. The molecule has 0 aromatic heterocycles. The fourth-order valence-electron chi connectivity index (χ4n) is 0.889. The molecule has 2 unspecified atom stereocenters. The second kappa shape index (κ2) is 4.39. The molecule has 0 bridgehead atoms. The Bertz CT molecular complexity index is 261. The van der Waals surface area contributed by atoms with Gasteiger partial charge < -0.3 is 9.63 Å². The van der Waals surface area contributed by atoms with Gasteiger partial charge in [-0.1, -0.05) is 0 Å². The van der Waals surface area contributed by atoms with E-state index in [0.29, 0.717) is 0 Å². The van der Waals surface area contributed by atoms with E-state index in [1.165, 1.54) is 6.92 Å². The van der Waals surface area contributed by atoms with Crippen LogP contribution in [0.1, 0.15) is 20.8 Å². The molecular weight excluding hydrogens is 239 g/mol. The fraction of sp³-hybridized carbons (Fsp3) is 1.00. The van der Waals surface area contributed by atoms with Gasteiger partial charge >= 0.3 is 19.0 Å². The Morgan fingerprint density at radius 1 is 1.40 bits per heavy atom. The van der Waals surface area contributed by atoms with Gasteiger partial charge in [0.05, 0.1) is 6.61 Å². The van der Waals surface area contributed by atoms with Gasteiger partial charge in [-0.15, -0.1) is 0 Å². The maximum Gasteiger partial charge on any atom is 0.385 e. The first kappa shape index (κ1) is 14.9. The fourth-order valence-corrected chi connectivity index (χ4v) is 2.67. The number of rotatable bonds is 5. The quantitative estimate of drug-likeness (QED) is 0.604. The van der Waals surface area contributed by atoms with Crippen molar-refractivity contribution in [3.63, 3.8) is 0 Å². The Hall–Kier alpha value is -0.130. The third-order valence-corrected chi connectivity index (χ3v) is 4.53. The first-order valence-electron chi connectivity index (χ1n) is 4.18. The molecule has 2 atom stereocenters. The first-order chi connectivity index (χ1) is 6.50. The molecule has 0 aliphatic rings. The minimum Gasteiger partial charge on any atom is -0.383 e. The highest BCUT2D eigenvalue weighted by atomic mass is 31.2. The molecule has 0 aliphatic carbocycles. The van der Waals surface area contributed by atoms with Crippen LogP contribution in [0.5, 0.6) is 0 Å². The van der Waals surface area contributed by atoms with Gasteiger partial charge in [-0.05, 0) is 13.8 Å². The van der Waals surface area contributed by atoms with E-state index in [9.17, 15) is 22.1 Å². The normalized spacial score (nSPS) is 19.7. The summed E-state index contributed by atoms with van der Waals surface area (Å²) < 4.78 is 67.0. The van der Waals surface area contributed by atoms with Gasteiger partial charge in [0, 0.05) is 6.92 Å². The minimum absolute atomic E-state index is 0.0684. The lowest BCUT2D eigenvalue weighted by molar-refractivity contribution is -0.153. The van der Waals surface area contributed by atoms with E-state index < -0.39 is 31.4 Å². The topological polar surface area (TPSA) is 46.5 Å². The van der Waals surface area contributed by atoms with Gasteiger partial charge in [0.2, 0.25) is 0 Å². The van der Waals surface area contributed by atoms with Crippen molar-refractivity contribution >= 4 is 7.37 Å². The zero-order valence-corrected chi connectivity index (χ0v) is 9.40. The Morgan fingerprint density at radius 2 is 1.80 bits per heavy atom. The van der Waals surface area contributed by atoms with Crippen molar-refractivity contribution in [2.75, 3.05) is 6.61 Å². The maximum atomic E-state index is 13.1. The van der Waals surface area contributed by atoms with Crippen molar-refractivity contribution in [2.45, 2.75) is 38.2 Å². The van der Waals surface area contributed by atoms with Crippen molar-refractivity contribution in [1.29, 1.82) is 0 Å². The molecule has 1 N–H and O–H groups in total. The lowest BCUT2D eigenvalue weighted by Crippen LogP contribution is -2.40. The van der Waals surface area contributed by atoms with E-state index >= 15 is 0 Å². The molecule has 0 spiro atoms. The Morgan fingerprint density at radius 3 is 2.00 bits per heavy atom. The zero-order valence-electron chi connectivity index (χ0n) is 8.51. The maximum absolute atomic E-state index is 13.1. The SMILES string of the molecule is CCOP(=O)(C(C)O)C(F)(F)C(C)(F)F. The van der Waals surface area contributed by atoms with Crippen molar-refractivity contribution in [2.24, 2.45) is 0 Å². The minimum atomic E-state index is -5.14. The first-order valence-corrected chi connectivity index (χ1v) is 5.88. The van der Waals surface area contributed by atoms with Crippen molar-refractivity contribution in [1.82, 2.24) is 0 Å². The van der Waals surface area contributed by atoms with Crippen LogP contribution in [0.25, 0.3) is 0 Å². The van der Waals surface area contributed by atoms with Crippen LogP contribution < -0.4 is 0 Å².